The lowest BCUT2D eigenvalue weighted by Gasteiger charge is -2.34. The van der Waals surface area contributed by atoms with Gasteiger partial charge in [-0.1, -0.05) is 23.7 Å². The Morgan fingerprint density at radius 1 is 1.26 bits per heavy atom. The van der Waals surface area contributed by atoms with Crippen molar-refractivity contribution in [2.24, 2.45) is 0 Å². The molecule has 0 aliphatic rings. The third kappa shape index (κ3) is 3.96. The molecule has 5 heteroatoms. The topological polar surface area (TPSA) is 49.4 Å². The number of carbonyl (C=O) groups excluding carboxylic acids is 2. The lowest BCUT2D eigenvalue weighted by atomic mass is 10.1. The van der Waals surface area contributed by atoms with Crippen LogP contribution in [-0.2, 0) is 9.59 Å². The molecule has 0 bridgehead atoms. The predicted molar refractivity (Wildman–Crippen MR) is 77.2 cm³/mol. The van der Waals surface area contributed by atoms with Crippen LogP contribution in [0.25, 0.3) is 0 Å². The van der Waals surface area contributed by atoms with Gasteiger partial charge in [-0.25, -0.2) is 0 Å². The summed E-state index contributed by atoms with van der Waals surface area (Å²) in [4.78, 5) is 25.6. The van der Waals surface area contributed by atoms with Crippen molar-refractivity contribution in [3.8, 4) is 0 Å². The summed E-state index contributed by atoms with van der Waals surface area (Å²) in [5.41, 5.74) is 0.0383. The average Bonchev–Trinajstić information content (AvgIpc) is 2.31. The van der Waals surface area contributed by atoms with Crippen molar-refractivity contribution in [3.05, 3.63) is 29.3 Å². The van der Waals surface area contributed by atoms with E-state index in [0.717, 1.165) is 0 Å². The van der Waals surface area contributed by atoms with Crippen molar-refractivity contribution < 1.29 is 9.59 Å². The van der Waals surface area contributed by atoms with Gasteiger partial charge >= 0.3 is 11.8 Å². The molecular formula is C14H19ClN2O2. The fourth-order valence-corrected chi connectivity index (χ4v) is 1.97. The number of likely N-dealkylation sites (N-methyl/N-ethyl adjacent to an activating group) is 1. The summed E-state index contributed by atoms with van der Waals surface area (Å²) in [6.45, 7) is 7.97. The summed E-state index contributed by atoms with van der Waals surface area (Å²) in [6, 6.07) is 6.81. The van der Waals surface area contributed by atoms with Crippen molar-refractivity contribution >= 4 is 29.1 Å². The van der Waals surface area contributed by atoms with Crippen molar-refractivity contribution in [2.45, 2.75) is 33.2 Å². The molecule has 0 fully saturated rings. The second kappa shape index (κ2) is 6.06. The largest absolute Gasteiger partial charge is 0.330 e. The standard InChI is InChI=1S/C14H19ClN2O2/c1-5-17(14(2,3)4)13(19)12(18)16-11-9-7-6-8-10(11)15/h6-9H,5H2,1-4H3,(H,16,18). The Morgan fingerprint density at radius 3 is 2.32 bits per heavy atom. The highest BCUT2D eigenvalue weighted by molar-refractivity contribution is 6.41. The number of nitrogens with zero attached hydrogens (tertiary/aromatic N) is 1. The molecule has 0 heterocycles. The third-order valence-corrected chi connectivity index (χ3v) is 3.02. The van der Waals surface area contributed by atoms with Crippen molar-refractivity contribution in [1.82, 2.24) is 4.90 Å². The maximum absolute atomic E-state index is 12.1. The number of para-hydroxylation sites is 1. The van der Waals surface area contributed by atoms with Crippen LogP contribution < -0.4 is 5.32 Å². The van der Waals surface area contributed by atoms with E-state index in [0.29, 0.717) is 17.3 Å². The number of benzene rings is 1. The normalized spacial score (nSPS) is 11.0. The Balaban J connectivity index is 2.84. The Morgan fingerprint density at radius 2 is 1.84 bits per heavy atom. The maximum Gasteiger partial charge on any atom is 0.313 e. The first kappa shape index (κ1) is 15.5. The molecule has 0 spiro atoms. The zero-order chi connectivity index (χ0) is 14.6. The number of anilines is 1. The summed E-state index contributed by atoms with van der Waals surface area (Å²) in [5.74, 6) is -1.24. The van der Waals surface area contributed by atoms with Gasteiger partial charge in [0, 0.05) is 12.1 Å². The van der Waals surface area contributed by atoms with Crippen molar-refractivity contribution in [3.63, 3.8) is 0 Å². The van der Waals surface area contributed by atoms with Gasteiger partial charge in [0.2, 0.25) is 0 Å². The van der Waals surface area contributed by atoms with Gasteiger partial charge in [-0.05, 0) is 39.8 Å². The monoisotopic (exact) mass is 282 g/mol. The molecule has 2 amide bonds. The van der Waals surface area contributed by atoms with E-state index < -0.39 is 17.4 Å². The highest BCUT2D eigenvalue weighted by atomic mass is 35.5. The minimum Gasteiger partial charge on any atom is -0.330 e. The van der Waals surface area contributed by atoms with Crippen LogP contribution in [0.2, 0.25) is 5.02 Å². The number of halogens is 1. The predicted octanol–water partition coefficient (Wildman–Crippen LogP) is 2.93. The zero-order valence-corrected chi connectivity index (χ0v) is 12.4. The summed E-state index contributed by atoms with van der Waals surface area (Å²) in [6.07, 6.45) is 0. The first-order valence-corrected chi connectivity index (χ1v) is 6.52. The van der Waals surface area contributed by atoms with E-state index in [1.165, 1.54) is 4.90 Å². The SMILES string of the molecule is CCN(C(=O)C(=O)Nc1ccccc1Cl)C(C)(C)C. The molecule has 0 radical (unpaired) electrons. The van der Waals surface area contributed by atoms with Crippen LogP contribution in [0.4, 0.5) is 5.69 Å². The molecule has 0 aliphatic heterocycles. The van der Waals surface area contributed by atoms with Gasteiger partial charge in [0.05, 0.1) is 10.7 Å². The smallest absolute Gasteiger partial charge is 0.313 e. The maximum atomic E-state index is 12.1. The van der Waals surface area contributed by atoms with Crippen LogP contribution in [0.1, 0.15) is 27.7 Å². The van der Waals surface area contributed by atoms with E-state index in [1.54, 1.807) is 24.3 Å². The number of carbonyl (C=O) groups is 2. The summed E-state index contributed by atoms with van der Waals surface area (Å²) >= 11 is 5.94. The lowest BCUT2D eigenvalue weighted by Crippen LogP contribution is -2.49. The molecule has 1 aromatic carbocycles. The highest BCUT2D eigenvalue weighted by Gasteiger charge is 2.29. The minimum absolute atomic E-state index is 0.399. The molecule has 19 heavy (non-hydrogen) atoms. The van der Waals surface area contributed by atoms with Crippen LogP contribution in [-0.4, -0.2) is 28.8 Å². The fourth-order valence-electron chi connectivity index (χ4n) is 1.78. The second-order valence-electron chi connectivity index (χ2n) is 5.15. The van der Waals surface area contributed by atoms with E-state index >= 15 is 0 Å². The van der Waals surface area contributed by atoms with Crippen LogP contribution in [0.5, 0.6) is 0 Å². The van der Waals surface area contributed by atoms with E-state index in [2.05, 4.69) is 5.32 Å². The summed E-state index contributed by atoms with van der Waals surface area (Å²) < 4.78 is 0. The molecule has 0 aromatic heterocycles. The molecule has 4 nitrogen and oxygen atoms in total. The summed E-state index contributed by atoms with van der Waals surface area (Å²) in [5, 5.41) is 2.94. The van der Waals surface area contributed by atoms with Gasteiger partial charge in [0.1, 0.15) is 0 Å². The van der Waals surface area contributed by atoms with Gasteiger partial charge in [-0.2, -0.15) is 0 Å². The Hall–Kier alpha value is -1.55. The summed E-state index contributed by atoms with van der Waals surface area (Å²) in [7, 11) is 0. The van der Waals surface area contributed by atoms with Gasteiger partial charge < -0.3 is 10.2 Å². The quantitative estimate of drug-likeness (QED) is 0.848. The van der Waals surface area contributed by atoms with Gasteiger partial charge in [-0.3, -0.25) is 9.59 Å². The molecule has 104 valence electrons. The molecule has 0 saturated carbocycles. The number of nitrogens with one attached hydrogen (secondary N) is 1. The molecular weight excluding hydrogens is 264 g/mol. The number of hydrogen-bond donors (Lipinski definition) is 1. The van der Waals surface area contributed by atoms with Gasteiger partial charge in [-0.15, -0.1) is 0 Å². The molecule has 1 rings (SSSR count). The Bertz CT molecular complexity index is 481. The molecule has 0 unspecified atom stereocenters. The van der Waals surface area contributed by atoms with Crippen LogP contribution in [0.15, 0.2) is 24.3 Å². The van der Waals surface area contributed by atoms with Crippen LogP contribution >= 0.6 is 11.6 Å². The van der Waals surface area contributed by atoms with E-state index in [-0.39, 0.29) is 0 Å². The van der Waals surface area contributed by atoms with E-state index in [9.17, 15) is 9.59 Å². The Labute approximate surface area is 118 Å². The molecule has 1 N–H and O–H groups in total. The van der Waals surface area contributed by atoms with E-state index in [4.69, 9.17) is 11.6 Å². The van der Waals surface area contributed by atoms with Crippen LogP contribution in [0, 0.1) is 0 Å². The molecule has 0 aliphatic carbocycles. The first-order valence-electron chi connectivity index (χ1n) is 6.15. The number of amides is 2. The van der Waals surface area contributed by atoms with Crippen LogP contribution in [0.3, 0.4) is 0 Å². The van der Waals surface area contributed by atoms with Gasteiger partial charge in [0.25, 0.3) is 0 Å². The van der Waals surface area contributed by atoms with Gasteiger partial charge in [0.15, 0.2) is 0 Å². The molecule has 0 saturated heterocycles. The minimum atomic E-state index is -0.676. The third-order valence-electron chi connectivity index (χ3n) is 2.69. The highest BCUT2D eigenvalue weighted by Crippen LogP contribution is 2.21. The number of rotatable bonds is 2. The zero-order valence-electron chi connectivity index (χ0n) is 11.7. The second-order valence-corrected chi connectivity index (χ2v) is 5.56. The van der Waals surface area contributed by atoms with Crippen molar-refractivity contribution in [2.75, 3.05) is 11.9 Å². The van der Waals surface area contributed by atoms with Crippen molar-refractivity contribution in [1.29, 1.82) is 0 Å². The Kier molecular flexibility index (Phi) is 4.95. The fraction of sp³-hybridized carbons (Fsp3) is 0.429. The number of hydrogen-bond acceptors (Lipinski definition) is 2. The van der Waals surface area contributed by atoms with E-state index in [1.807, 2.05) is 27.7 Å². The lowest BCUT2D eigenvalue weighted by molar-refractivity contribution is -0.146. The molecule has 0 atom stereocenters. The first-order chi connectivity index (χ1) is 8.77. The molecule has 1 aromatic rings. The average molecular weight is 283 g/mol.